The van der Waals surface area contributed by atoms with Crippen LogP contribution in [0.25, 0.3) is 0 Å². The topological polar surface area (TPSA) is 105 Å². The SMILES string of the molecule is COC(=O)C(C)NC(=O)Nc1ccc(Br)cc1C(=O)O. The minimum absolute atomic E-state index is 0.0692. The van der Waals surface area contributed by atoms with E-state index in [9.17, 15) is 14.4 Å². The molecule has 1 aromatic carbocycles. The van der Waals surface area contributed by atoms with E-state index < -0.39 is 24.0 Å². The lowest BCUT2D eigenvalue weighted by atomic mass is 10.2. The number of anilines is 1. The Kier molecular flexibility index (Phi) is 5.51. The number of urea groups is 1. The van der Waals surface area contributed by atoms with E-state index >= 15 is 0 Å². The Balaban J connectivity index is 2.81. The number of aromatic carboxylic acids is 1. The molecule has 0 aromatic heterocycles. The minimum atomic E-state index is -1.18. The van der Waals surface area contributed by atoms with Crippen molar-refractivity contribution in [2.75, 3.05) is 12.4 Å². The number of halogens is 1. The summed E-state index contributed by atoms with van der Waals surface area (Å²) in [5, 5.41) is 13.7. The second kappa shape index (κ2) is 6.90. The molecule has 1 unspecified atom stereocenters. The summed E-state index contributed by atoms with van der Waals surface area (Å²) in [7, 11) is 1.20. The van der Waals surface area contributed by atoms with Crippen molar-refractivity contribution in [3.8, 4) is 0 Å². The van der Waals surface area contributed by atoms with Gasteiger partial charge in [-0.2, -0.15) is 0 Å². The summed E-state index contributed by atoms with van der Waals surface area (Å²) < 4.78 is 5.03. The highest BCUT2D eigenvalue weighted by molar-refractivity contribution is 9.10. The molecule has 0 aliphatic rings. The average Bonchev–Trinajstić information content (AvgIpc) is 2.39. The quantitative estimate of drug-likeness (QED) is 0.722. The zero-order valence-corrected chi connectivity index (χ0v) is 12.4. The van der Waals surface area contributed by atoms with Crippen molar-refractivity contribution in [3.05, 3.63) is 28.2 Å². The highest BCUT2D eigenvalue weighted by atomic mass is 79.9. The molecule has 1 aromatic rings. The lowest BCUT2D eigenvalue weighted by Gasteiger charge is -2.13. The van der Waals surface area contributed by atoms with E-state index in [0.717, 1.165) is 0 Å². The zero-order chi connectivity index (χ0) is 15.3. The van der Waals surface area contributed by atoms with E-state index in [2.05, 4.69) is 31.3 Å². The lowest BCUT2D eigenvalue weighted by Crippen LogP contribution is -2.41. The summed E-state index contributed by atoms with van der Waals surface area (Å²) in [6.07, 6.45) is 0. The van der Waals surface area contributed by atoms with Gasteiger partial charge in [-0.15, -0.1) is 0 Å². The number of methoxy groups -OCH3 is 1. The Labute approximate surface area is 123 Å². The maximum absolute atomic E-state index is 11.7. The summed E-state index contributed by atoms with van der Waals surface area (Å²) in [5.74, 6) is -1.78. The molecule has 108 valence electrons. The molecule has 0 aliphatic carbocycles. The number of carbonyl (C=O) groups is 3. The van der Waals surface area contributed by atoms with E-state index in [4.69, 9.17) is 5.11 Å². The van der Waals surface area contributed by atoms with Crippen LogP contribution in [0.3, 0.4) is 0 Å². The van der Waals surface area contributed by atoms with Gasteiger partial charge in [0.1, 0.15) is 6.04 Å². The fourth-order valence-corrected chi connectivity index (χ4v) is 1.75. The molecule has 3 N–H and O–H groups in total. The van der Waals surface area contributed by atoms with Gasteiger partial charge >= 0.3 is 18.0 Å². The predicted octanol–water partition coefficient (Wildman–Crippen LogP) is 1.83. The first-order valence-corrected chi connectivity index (χ1v) is 6.32. The number of benzene rings is 1. The third kappa shape index (κ3) is 4.23. The van der Waals surface area contributed by atoms with Crippen LogP contribution in [-0.4, -0.2) is 36.2 Å². The van der Waals surface area contributed by atoms with Crippen molar-refractivity contribution in [3.63, 3.8) is 0 Å². The summed E-state index contributed by atoms with van der Waals surface area (Å²) in [5.41, 5.74) is 0.0514. The van der Waals surface area contributed by atoms with Gasteiger partial charge in [0.05, 0.1) is 18.4 Å². The largest absolute Gasteiger partial charge is 0.478 e. The Morgan fingerprint density at radius 1 is 1.35 bits per heavy atom. The van der Waals surface area contributed by atoms with Crippen LogP contribution in [0.5, 0.6) is 0 Å². The minimum Gasteiger partial charge on any atom is -0.478 e. The second-order valence-corrected chi connectivity index (χ2v) is 4.75. The molecule has 0 aliphatic heterocycles. The molecule has 0 fully saturated rings. The molecule has 1 rings (SSSR count). The highest BCUT2D eigenvalue weighted by Gasteiger charge is 2.17. The Morgan fingerprint density at radius 3 is 2.55 bits per heavy atom. The third-order valence-electron chi connectivity index (χ3n) is 2.36. The average molecular weight is 345 g/mol. The van der Waals surface area contributed by atoms with Crippen LogP contribution in [0.4, 0.5) is 10.5 Å². The molecular formula is C12H13BrN2O5. The van der Waals surface area contributed by atoms with Crippen LogP contribution >= 0.6 is 15.9 Å². The molecule has 0 saturated heterocycles. The monoisotopic (exact) mass is 344 g/mol. The Bertz CT molecular complexity index is 547. The molecule has 1 atom stereocenters. The summed E-state index contributed by atoms with van der Waals surface area (Å²) >= 11 is 3.15. The van der Waals surface area contributed by atoms with E-state index in [1.165, 1.54) is 26.2 Å². The summed E-state index contributed by atoms with van der Waals surface area (Å²) in [4.78, 5) is 33.9. The van der Waals surface area contributed by atoms with Crippen LogP contribution < -0.4 is 10.6 Å². The number of hydrogen-bond donors (Lipinski definition) is 3. The number of ether oxygens (including phenoxy) is 1. The number of hydrogen-bond acceptors (Lipinski definition) is 4. The highest BCUT2D eigenvalue weighted by Crippen LogP contribution is 2.21. The van der Waals surface area contributed by atoms with Crippen LogP contribution in [0.15, 0.2) is 22.7 Å². The van der Waals surface area contributed by atoms with Crippen molar-refractivity contribution in [2.45, 2.75) is 13.0 Å². The normalized spacial score (nSPS) is 11.3. The molecule has 2 amide bonds. The van der Waals surface area contributed by atoms with Crippen molar-refractivity contribution >= 4 is 39.6 Å². The molecule has 8 heteroatoms. The second-order valence-electron chi connectivity index (χ2n) is 3.84. The van der Waals surface area contributed by atoms with Crippen LogP contribution in [-0.2, 0) is 9.53 Å². The molecule has 0 saturated carbocycles. The summed E-state index contributed by atoms with van der Waals surface area (Å²) in [6.45, 7) is 1.45. The van der Waals surface area contributed by atoms with Gasteiger partial charge in [-0.25, -0.2) is 14.4 Å². The fraction of sp³-hybridized carbons (Fsp3) is 0.250. The number of carbonyl (C=O) groups excluding carboxylic acids is 2. The Morgan fingerprint density at radius 2 is 2.00 bits per heavy atom. The van der Waals surface area contributed by atoms with Gasteiger partial charge < -0.3 is 20.5 Å². The van der Waals surface area contributed by atoms with Crippen LogP contribution in [0.2, 0.25) is 0 Å². The van der Waals surface area contributed by atoms with E-state index in [-0.39, 0.29) is 11.3 Å². The lowest BCUT2D eigenvalue weighted by molar-refractivity contribution is -0.142. The number of carboxylic acid groups (broad SMARTS) is 1. The summed E-state index contributed by atoms with van der Waals surface area (Å²) in [6, 6.07) is 2.85. The van der Waals surface area contributed by atoms with Gasteiger partial charge in [-0.05, 0) is 25.1 Å². The molecule has 0 bridgehead atoms. The number of amides is 2. The molecule has 0 spiro atoms. The standard InChI is InChI=1S/C12H13BrN2O5/c1-6(11(18)20-2)14-12(19)15-9-4-3-7(13)5-8(9)10(16)17/h3-6H,1-2H3,(H,16,17)(H2,14,15,19). The van der Waals surface area contributed by atoms with Crippen LogP contribution in [0, 0.1) is 0 Å². The first-order valence-electron chi connectivity index (χ1n) is 5.53. The van der Waals surface area contributed by atoms with Gasteiger partial charge in [-0.3, -0.25) is 0 Å². The molecule has 7 nitrogen and oxygen atoms in total. The molecule has 20 heavy (non-hydrogen) atoms. The Hall–Kier alpha value is -2.09. The maximum Gasteiger partial charge on any atom is 0.337 e. The van der Waals surface area contributed by atoms with Gasteiger partial charge in [0.25, 0.3) is 0 Å². The van der Waals surface area contributed by atoms with Gasteiger partial charge in [0.15, 0.2) is 0 Å². The zero-order valence-electron chi connectivity index (χ0n) is 10.8. The predicted molar refractivity (Wildman–Crippen MR) is 74.7 cm³/mol. The maximum atomic E-state index is 11.7. The fourth-order valence-electron chi connectivity index (χ4n) is 1.39. The van der Waals surface area contributed by atoms with Crippen molar-refractivity contribution in [2.24, 2.45) is 0 Å². The first-order chi connectivity index (χ1) is 9.35. The number of rotatable bonds is 4. The molecule has 0 heterocycles. The van der Waals surface area contributed by atoms with Crippen molar-refractivity contribution in [1.29, 1.82) is 0 Å². The number of esters is 1. The third-order valence-corrected chi connectivity index (χ3v) is 2.86. The first kappa shape index (κ1) is 16.0. The van der Waals surface area contributed by atoms with E-state index in [0.29, 0.717) is 4.47 Å². The number of carboxylic acids is 1. The van der Waals surface area contributed by atoms with E-state index in [1.807, 2.05) is 0 Å². The van der Waals surface area contributed by atoms with Crippen molar-refractivity contribution < 1.29 is 24.2 Å². The van der Waals surface area contributed by atoms with Crippen molar-refractivity contribution in [1.82, 2.24) is 5.32 Å². The van der Waals surface area contributed by atoms with E-state index in [1.54, 1.807) is 6.07 Å². The number of nitrogens with one attached hydrogen (secondary N) is 2. The van der Waals surface area contributed by atoms with Gasteiger partial charge in [0.2, 0.25) is 0 Å². The van der Waals surface area contributed by atoms with Gasteiger partial charge in [0, 0.05) is 4.47 Å². The smallest absolute Gasteiger partial charge is 0.337 e. The van der Waals surface area contributed by atoms with Gasteiger partial charge in [-0.1, -0.05) is 15.9 Å². The molecular weight excluding hydrogens is 332 g/mol. The molecule has 0 radical (unpaired) electrons. The van der Waals surface area contributed by atoms with Crippen LogP contribution in [0.1, 0.15) is 17.3 Å².